The Morgan fingerprint density at radius 3 is 2.71 bits per heavy atom. The average Bonchev–Trinajstić information content (AvgIpc) is 2.92. The summed E-state index contributed by atoms with van der Waals surface area (Å²) >= 11 is 0. The van der Waals surface area contributed by atoms with Gasteiger partial charge in [-0.25, -0.2) is 4.39 Å². The smallest absolute Gasteiger partial charge is 0.235 e. The van der Waals surface area contributed by atoms with Gasteiger partial charge in [-0.3, -0.25) is 4.79 Å². The topological polar surface area (TPSA) is 46.3 Å². The molecule has 0 fully saturated rings. The highest BCUT2D eigenvalue weighted by molar-refractivity contribution is 6.00. The lowest BCUT2D eigenvalue weighted by Gasteiger charge is -2.23. The molecule has 1 atom stereocenters. The van der Waals surface area contributed by atoms with Crippen molar-refractivity contribution in [1.29, 1.82) is 0 Å². The minimum Gasteiger partial charge on any atom is -0.329 e. The number of halogens is 1. The normalized spacial score (nSPS) is 14.9. The zero-order valence-electron chi connectivity index (χ0n) is 11.6. The van der Waals surface area contributed by atoms with Gasteiger partial charge >= 0.3 is 0 Å². The van der Waals surface area contributed by atoms with E-state index in [1.54, 1.807) is 11.0 Å². The number of fused-ring (bicyclic) bond motifs is 1. The van der Waals surface area contributed by atoms with E-state index >= 15 is 0 Å². The molecular weight excluding hydrogens is 267 g/mol. The number of carbonyl (C=O) groups is 1. The zero-order valence-corrected chi connectivity index (χ0v) is 11.6. The quantitative estimate of drug-likeness (QED) is 0.941. The first-order chi connectivity index (χ1) is 10.2. The van der Waals surface area contributed by atoms with Crippen LogP contribution < -0.4 is 10.6 Å². The van der Waals surface area contributed by atoms with Crippen LogP contribution in [0, 0.1) is 5.82 Å². The van der Waals surface area contributed by atoms with Crippen molar-refractivity contribution < 1.29 is 9.18 Å². The average molecular weight is 284 g/mol. The number of carbonyl (C=O) groups excluding carboxylic acids is 1. The van der Waals surface area contributed by atoms with Gasteiger partial charge in [-0.15, -0.1) is 0 Å². The second-order valence-electron chi connectivity index (χ2n) is 5.21. The van der Waals surface area contributed by atoms with Gasteiger partial charge in [0.1, 0.15) is 5.82 Å². The van der Waals surface area contributed by atoms with E-state index in [1.807, 2.05) is 30.3 Å². The van der Waals surface area contributed by atoms with Crippen molar-refractivity contribution in [3.63, 3.8) is 0 Å². The molecule has 3 nitrogen and oxygen atoms in total. The first-order valence-corrected chi connectivity index (χ1v) is 7.05. The lowest BCUT2D eigenvalue weighted by molar-refractivity contribution is -0.119. The van der Waals surface area contributed by atoms with E-state index in [1.165, 1.54) is 12.1 Å². The van der Waals surface area contributed by atoms with E-state index in [0.717, 1.165) is 17.5 Å². The summed E-state index contributed by atoms with van der Waals surface area (Å²) in [4.78, 5) is 14.4. The largest absolute Gasteiger partial charge is 0.329 e. The van der Waals surface area contributed by atoms with Gasteiger partial charge < -0.3 is 10.6 Å². The van der Waals surface area contributed by atoms with Crippen LogP contribution in [0.2, 0.25) is 0 Å². The van der Waals surface area contributed by atoms with E-state index in [4.69, 9.17) is 5.73 Å². The minimum absolute atomic E-state index is 0.0620. The second kappa shape index (κ2) is 5.66. The second-order valence-corrected chi connectivity index (χ2v) is 5.21. The third-order valence-corrected chi connectivity index (χ3v) is 3.94. The first kappa shape index (κ1) is 13.8. The molecule has 0 aliphatic carbocycles. The lowest BCUT2D eigenvalue weighted by Crippen LogP contribution is -2.36. The van der Waals surface area contributed by atoms with Crippen LogP contribution in [0.15, 0.2) is 48.5 Å². The highest BCUT2D eigenvalue weighted by Gasteiger charge is 2.30. The molecule has 1 amide bonds. The molecular formula is C17H17FN2O. The summed E-state index contributed by atoms with van der Waals surface area (Å²) in [5.41, 5.74) is 8.38. The molecule has 1 aliphatic heterocycles. The summed E-state index contributed by atoms with van der Waals surface area (Å²) in [6.07, 6.45) is 0.757. The van der Waals surface area contributed by atoms with Crippen LogP contribution in [-0.4, -0.2) is 19.0 Å². The Morgan fingerprint density at radius 1 is 1.24 bits per heavy atom. The number of benzene rings is 2. The molecule has 2 N–H and O–H groups in total. The van der Waals surface area contributed by atoms with E-state index in [9.17, 15) is 9.18 Å². The molecule has 0 radical (unpaired) electrons. The summed E-state index contributed by atoms with van der Waals surface area (Å²) in [6, 6.07) is 14.1. The molecule has 21 heavy (non-hydrogen) atoms. The number of nitrogens with two attached hydrogens (primary N) is 1. The molecule has 4 heteroatoms. The maximum atomic E-state index is 13.4. The highest BCUT2D eigenvalue weighted by atomic mass is 19.1. The highest BCUT2D eigenvalue weighted by Crippen LogP contribution is 2.31. The van der Waals surface area contributed by atoms with Gasteiger partial charge in [0.25, 0.3) is 0 Å². The van der Waals surface area contributed by atoms with Gasteiger partial charge in [-0.05, 0) is 29.7 Å². The van der Waals surface area contributed by atoms with Crippen LogP contribution in [0.1, 0.15) is 17.0 Å². The molecule has 0 spiro atoms. The van der Waals surface area contributed by atoms with Crippen molar-refractivity contribution in [3.05, 3.63) is 65.5 Å². The number of hydrogen-bond donors (Lipinski definition) is 1. The van der Waals surface area contributed by atoms with Gasteiger partial charge in [0.15, 0.2) is 0 Å². The standard InChI is InChI=1S/C17H17FN2O/c18-14-7-6-13-8-9-20(16(13)10-14)17(21)15(11-19)12-4-2-1-3-5-12/h1-7,10,15H,8-9,11,19H2. The van der Waals surface area contributed by atoms with Crippen molar-refractivity contribution >= 4 is 11.6 Å². The van der Waals surface area contributed by atoms with E-state index in [0.29, 0.717) is 12.2 Å². The summed E-state index contributed by atoms with van der Waals surface area (Å²) in [7, 11) is 0. The third-order valence-electron chi connectivity index (χ3n) is 3.94. The maximum Gasteiger partial charge on any atom is 0.235 e. The van der Waals surface area contributed by atoms with Crippen LogP contribution in [0.5, 0.6) is 0 Å². The summed E-state index contributed by atoms with van der Waals surface area (Å²) in [5.74, 6) is -0.772. The van der Waals surface area contributed by atoms with Crippen molar-refractivity contribution in [2.24, 2.45) is 5.73 Å². The number of hydrogen-bond acceptors (Lipinski definition) is 2. The molecule has 0 saturated carbocycles. The predicted octanol–water partition coefficient (Wildman–Crippen LogP) is 2.46. The third kappa shape index (κ3) is 2.54. The fraction of sp³-hybridized carbons (Fsp3) is 0.235. The molecule has 0 aromatic heterocycles. The molecule has 1 unspecified atom stereocenters. The minimum atomic E-state index is -0.389. The SMILES string of the molecule is NCC(C(=O)N1CCc2ccc(F)cc21)c1ccccc1. The number of rotatable bonds is 3. The van der Waals surface area contributed by atoms with Crippen LogP contribution >= 0.6 is 0 Å². The number of amides is 1. The van der Waals surface area contributed by atoms with Crippen molar-refractivity contribution in [2.75, 3.05) is 18.0 Å². The van der Waals surface area contributed by atoms with Crippen LogP contribution in [0.4, 0.5) is 10.1 Å². The fourth-order valence-electron chi connectivity index (χ4n) is 2.83. The van der Waals surface area contributed by atoms with Gasteiger partial charge in [0.2, 0.25) is 5.91 Å². The monoisotopic (exact) mass is 284 g/mol. The molecule has 2 aromatic carbocycles. The first-order valence-electron chi connectivity index (χ1n) is 7.05. The Kier molecular flexibility index (Phi) is 3.71. The summed E-state index contributed by atoms with van der Waals surface area (Å²) in [5, 5.41) is 0. The van der Waals surface area contributed by atoms with E-state index in [-0.39, 0.29) is 24.2 Å². The van der Waals surface area contributed by atoms with Gasteiger partial charge in [0, 0.05) is 18.8 Å². The molecule has 1 heterocycles. The van der Waals surface area contributed by atoms with Crippen LogP contribution in [0.25, 0.3) is 0 Å². The molecule has 2 aromatic rings. The zero-order chi connectivity index (χ0) is 14.8. The Bertz CT molecular complexity index is 657. The number of anilines is 1. The maximum absolute atomic E-state index is 13.4. The predicted molar refractivity (Wildman–Crippen MR) is 80.7 cm³/mol. The van der Waals surface area contributed by atoms with Gasteiger partial charge in [-0.1, -0.05) is 36.4 Å². The van der Waals surface area contributed by atoms with E-state index < -0.39 is 0 Å². The Labute approximate surface area is 123 Å². The summed E-state index contributed by atoms with van der Waals surface area (Å²) < 4.78 is 13.4. The molecule has 0 saturated heterocycles. The number of nitrogens with zero attached hydrogens (tertiary/aromatic N) is 1. The van der Waals surface area contributed by atoms with Crippen LogP contribution in [0.3, 0.4) is 0 Å². The van der Waals surface area contributed by atoms with Crippen molar-refractivity contribution in [2.45, 2.75) is 12.3 Å². The molecule has 1 aliphatic rings. The Balaban J connectivity index is 1.91. The lowest BCUT2D eigenvalue weighted by atomic mass is 9.97. The van der Waals surface area contributed by atoms with Gasteiger partial charge in [-0.2, -0.15) is 0 Å². The van der Waals surface area contributed by atoms with Gasteiger partial charge in [0.05, 0.1) is 5.92 Å². The van der Waals surface area contributed by atoms with E-state index in [2.05, 4.69) is 0 Å². The summed E-state index contributed by atoms with van der Waals surface area (Å²) in [6.45, 7) is 0.824. The molecule has 108 valence electrons. The fourth-order valence-corrected chi connectivity index (χ4v) is 2.83. The Morgan fingerprint density at radius 2 is 2.00 bits per heavy atom. The molecule has 0 bridgehead atoms. The Hall–Kier alpha value is -2.20. The van der Waals surface area contributed by atoms with Crippen LogP contribution in [-0.2, 0) is 11.2 Å². The van der Waals surface area contributed by atoms with Crippen molar-refractivity contribution in [1.82, 2.24) is 0 Å². The molecule has 3 rings (SSSR count). The van der Waals surface area contributed by atoms with Crippen molar-refractivity contribution in [3.8, 4) is 0 Å².